The number of carbonyl (C=O) groups excluding carboxylic acids is 1. The minimum atomic E-state index is -1.12. The van der Waals surface area contributed by atoms with Gasteiger partial charge in [-0.05, 0) is 39.5 Å². The van der Waals surface area contributed by atoms with Gasteiger partial charge < -0.3 is 10.0 Å². The number of halogens is 2. The summed E-state index contributed by atoms with van der Waals surface area (Å²) in [6, 6.07) is 2.97. The van der Waals surface area contributed by atoms with E-state index in [4.69, 9.17) is 5.11 Å². The Labute approximate surface area is 123 Å². The predicted molar refractivity (Wildman–Crippen MR) is 71.9 cm³/mol. The maximum absolute atomic E-state index is 14.1. The van der Waals surface area contributed by atoms with E-state index in [1.165, 1.54) is 0 Å². The molecule has 0 unspecified atom stereocenters. The average Bonchev–Trinajstić information content (AvgIpc) is 2.42. The molecule has 7 heteroatoms. The van der Waals surface area contributed by atoms with Crippen LogP contribution in [0.3, 0.4) is 0 Å². The molecule has 20 heavy (non-hydrogen) atoms. The summed E-state index contributed by atoms with van der Waals surface area (Å²) in [6.45, 7) is 0.493. The fourth-order valence-corrected chi connectivity index (χ4v) is 3.27. The Balaban J connectivity index is 2.03. The van der Waals surface area contributed by atoms with E-state index in [1.54, 1.807) is 17.0 Å². The predicted octanol–water partition coefficient (Wildman–Crippen LogP) is 2.01. The van der Waals surface area contributed by atoms with Crippen LogP contribution in [0.5, 0.6) is 0 Å². The van der Waals surface area contributed by atoms with Gasteiger partial charge in [-0.3, -0.25) is 9.69 Å². The molecule has 5 nitrogen and oxygen atoms in total. The van der Waals surface area contributed by atoms with Crippen LogP contribution < -0.4 is 0 Å². The summed E-state index contributed by atoms with van der Waals surface area (Å²) in [7, 11) is 0. The fourth-order valence-electron chi connectivity index (χ4n) is 2.90. The van der Waals surface area contributed by atoms with Crippen LogP contribution in [0, 0.1) is 5.82 Å². The monoisotopic (exact) mass is 342 g/mol. The highest BCUT2D eigenvalue weighted by Gasteiger charge is 2.39. The molecule has 2 amide bonds. The highest BCUT2D eigenvalue weighted by Crippen LogP contribution is 2.36. The lowest BCUT2D eigenvalue weighted by Gasteiger charge is -2.43. The number of amides is 2. The van der Waals surface area contributed by atoms with E-state index in [-0.39, 0.29) is 24.8 Å². The standard InChI is InChI=1S/C13H12BrFN2O3/c14-9-2-1-7-8(12(9)15)3-4-17-10(7)5-16(13(19)20)6-11(17)18/h1-2,10H,3-6H2,(H,19,20)/t10-/m1/s1. The van der Waals surface area contributed by atoms with E-state index in [9.17, 15) is 14.0 Å². The van der Waals surface area contributed by atoms with Crippen LogP contribution in [0.15, 0.2) is 16.6 Å². The van der Waals surface area contributed by atoms with Gasteiger partial charge in [-0.2, -0.15) is 0 Å². The van der Waals surface area contributed by atoms with E-state index >= 15 is 0 Å². The summed E-state index contributed by atoms with van der Waals surface area (Å²) in [5.41, 5.74) is 1.27. The molecule has 1 aromatic rings. The Morgan fingerprint density at radius 2 is 2.20 bits per heavy atom. The summed E-state index contributed by atoms with van der Waals surface area (Å²) >= 11 is 3.15. The Morgan fingerprint density at radius 1 is 1.45 bits per heavy atom. The minimum Gasteiger partial charge on any atom is -0.465 e. The normalized spacial score (nSPS) is 21.5. The van der Waals surface area contributed by atoms with Gasteiger partial charge in [0.25, 0.3) is 0 Å². The van der Waals surface area contributed by atoms with E-state index < -0.39 is 12.1 Å². The molecule has 1 saturated heterocycles. The third kappa shape index (κ3) is 1.96. The molecule has 3 rings (SSSR count). The number of rotatable bonds is 0. The van der Waals surface area contributed by atoms with Crippen LogP contribution >= 0.6 is 15.9 Å². The average molecular weight is 343 g/mol. The van der Waals surface area contributed by atoms with Gasteiger partial charge in [-0.15, -0.1) is 0 Å². The molecule has 1 aromatic carbocycles. The first-order chi connectivity index (χ1) is 9.49. The van der Waals surface area contributed by atoms with Gasteiger partial charge in [-0.25, -0.2) is 9.18 Å². The van der Waals surface area contributed by atoms with Crippen molar-refractivity contribution < 1.29 is 19.1 Å². The van der Waals surface area contributed by atoms with Crippen LogP contribution in [-0.2, 0) is 11.2 Å². The Morgan fingerprint density at radius 3 is 2.90 bits per heavy atom. The van der Waals surface area contributed by atoms with E-state index in [0.717, 1.165) is 4.90 Å². The van der Waals surface area contributed by atoms with E-state index in [1.807, 2.05) is 0 Å². The zero-order chi connectivity index (χ0) is 14.4. The lowest BCUT2D eigenvalue weighted by Crippen LogP contribution is -2.55. The highest BCUT2D eigenvalue weighted by molar-refractivity contribution is 9.10. The van der Waals surface area contributed by atoms with Crippen LogP contribution in [0.2, 0.25) is 0 Å². The summed E-state index contributed by atoms with van der Waals surface area (Å²) in [5, 5.41) is 9.07. The van der Waals surface area contributed by atoms with Gasteiger partial charge in [-0.1, -0.05) is 6.07 Å². The lowest BCUT2D eigenvalue weighted by molar-refractivity contribution is -0.139. The largest absolute Gasteiger partial charge is 0.465 e. The van der Waals surface area contributed by atoms with Gasteiger partial charge in [0.15, 0.2) is 0 Å². The third-order valence-corrected chi connectivity index (χ3v) is 4.49. The van der Waals surface area contributed by atoms with Crippen molar-refractivity contribution in [3.05, 3.63) is 33.5 Å². The molecule has 1 N–H and O–H groups in total. The van der Waals surface area contributed by atoms with Crippen molar-refractivity contribution in [2.75, 3.05) is 19.6 Å². The number of carboxylic acid groups (broad SMARTS) is 1. The second-order valence-corrected chi connectivity index (χ2v) is 5.80. The van der Waals surface area contributed by atoms with Crippen molar-refractivity contribution in [1.82, 2.24) is 9.80 Å². The first-order valence-corrected chi connectivity index (χ1v) is 7.02. The van der Waals surface area contributed by atoms with Crippen LogP contribution in [0.4, 0.5) is 9.18 Å². The van der Waals surface area contributed by atoms with Crippen molar-refractivity contribution in [3.63, 3.8) is 0 Å². The van der Waals surface area contributed by atoms with Crippen LogP contribution in [-0.4, -0.2) is 46.5 Å². The van der Waals surface area contributed by atoms with Crippen LogP contribution in [0.25, 0.3) is 0 Å². The van der Waals surface area contributed by atoms with Crippen molar-refractivity contribution in [2.24, 2.45) is 0 Å². The SMILES string of the molecule is O=C(O)N1CC(=O)N2CCc3c(ccc(Br)c3F)[C@H]2C1. The van der Waals surface area contributed by atoms with Gasteiger partial charge in [0.2, 0.25) is 5.91 Å². The molecule has 2 aliphatic rings. The second-order valence-electron chi connectivity index (χ2n) is 4.95. The molecular weight excluding hydrogens is 331 g/mol. The van der Waals surface area contributed by atoms with Gasteiger partial charge >= 0.3 is 6.09 Å². The smallest absolute Gasteiger partial charge is 0.407 e. The first-order valence-electron chi connectivity index (χ1n) is 6.23. The van der Waals surface area contributed by atoms with Gasteiger partial charge in [0, 0.05) is 13.1 Å². The molecule has 106 valence electrons. The summed E-state index contributed by atoms with van der Waals surface area (Å²) in [4.78, 5) is 25.8. The van der Waals surface area contributed by atoms with Crippen molar-refractivity contribution in [1.29, 1.82) is 0 Å². The molecule has 0 radical (unpaired) electrons. The topological polar surface area (TPSA) is 60.9 Å². The number of hydrogen-bond donors (Lipinski definition) is 1. The molecule has 2 heterocycles. The Kier molecular flexibility index (Phi) is 3.16. The molecule has 0 bridgehead atoms. The van der Waals surface area contributed by atoms with E-state index in [0.29, 0.717) is 28.6 Å². The summed E-state index contributed by atoms with van der Waals surface area (Å²) < 4.78 is 14.5. The molecular formula is C13H12BrFN2O3. The van der Waals surface area contributed by atoms with Crippen molar-refractivity contribution >= 4 is 27.9 Å². The fraction of sp³-hybridized carbons (Fsp3) is 0.385. The number of hydrogen-bond acceptors (Lipinski definition) is 2. The lowest BCUT2D eigenvalue weighted by atomic mass is 9.90. The maximum atomic E-state index is 14.1. The zero-order valence-corrected chi connectivity index (χ0v) is 12.1. The summed E-state index contributed by atoms with van der Waals surface area (Å²) in [5.74, 6) is -0.542. The first kappa shape index (κ1) is 13.4. The van der Waals surface area contributed by atoms with Gasteiger partial charge in [0.1, 0.15) is 12.4 Å². The van der Waals surface area contributed by atoms with Crippen molar-refractivity contribution in [3.8, 4) is 0 Å². The maximum Gasteiger partial charge on any atom is 0.407 e. The van der Waals surface area contributed by atoms with Gasteiger partial charge in [0.05, 0.1) is 10.5 Å². The quantitative estimate of drug-likeness (QED) is 0.784. The molecule has 1 fully saturated rings. The molecule has 0 aromatic heterocycles. The number of benzene rings is 1. The zero-order valence-electron chi connectivity index (χ0n) is 10.5. The number of fused-ring (bicyclic) bond motifs is 3. The number of nitrogens with zero attached hydrogens (tertiary/aromatic N) is 2. The van der Waals surface area contributed by atoms with Crippen LogP contribution in [0.1, 0.15) is 17.2 Å². The van der Waals surface area contributed by atoms with E-state index in [2.05, 4.69) is 15.9 Å². The molecule has 2 aliphatic heterocycles. The second kappa shape index (κ2) is 4.73. The molecule has 0 aliphatic carbocycles. The summed E-state index contributed by atoms with van der Waals surface area (Å²) in [6.07, 6.45) is -0.668. The molecule has 0 saturated carbocycles. The van der Waals surface area contributed by atoms with Crippen molar-refractivity contribution in [2.45, 2.75) is 12.5 Å². The number of piperazine rings is 1. The Bertz CT molecular complexity index is 608. The number of carbonyl (C=O) groups is 2. The molecule has 1 atom stereocenters. The third-order valence-electron chi connectivity index (χ3n) is 3.88. The molecule has 0 spiro atoms. The minimum absolute atomic E-state index is 0.125. The highest BCUT2D eigenvalue weighted by atomic mass is 79.9. The Hall–Kier alpha value is -1.63.